The second-order valence-corrected chi connectivity index (χ2v) is 4.41. The third-order valence-electron chi connectivity index (χ3n) is 2.70. The molecule has 0 heterocycles. The number of nitrogens with two attached hydrogens (primary N) is 2. The summed E-state index contributed by atoms with van der Waals surface area (Å²) >= 11 is 0. The van der Waals surface area contributed by atoms with E-state index < -0.39 is 0 Å². The Morgan fingerprint density at radius 1 is 0.800 bits per heavy atom. The molecule has 0 radical (unpaired) electrons. The van der Waals surface area contributed by atoms with Crippen LogP contribution in [0.2, 0.25) is 0 Å². The monoisotopic (exact) mass is 264 g/mol. The topological polar surface area (TPSA) is 69.1 Å². The molecule has 0 atom stereocenters. The zero-order valence-corrected chi connectivity index (χ0v) is 11.0. The molecule has 3 nitrogen and oxygen atoms in total. The van der Waals surface area contributed by atoms with E-state index in [1.54, 1.807) is 24.3 Å². The lowest BCUT2D eigenvalue weighted by Crippen LogP contribution is -1.87. The van der Waals surface area contributed by atoms with Gasteiger partial charge < -0.3 is 11.5 Å². The molecule has 0 spiro atoms. The molecule has 20 heavy (non-hydrogen) atoms. The predicted octanol–water partition coefficient (Wildman–Crippen LogP) is 3.15. The highest BCUT2D eigenvalue weighted by Crippen LogP contribution is 2.10. The zero-order chi connectivity index (χ0) is 14.4. The van der Waals surface area contributed by atoms with Crippen LogP contribution in [0.15, 0.2) is 60.7 Å². The quantitative estimate of drug-likeness (QED) is 0.658. The number of rotatable bonds is 4. The minimum absolute atomic E-state index is 0.0881. The smallest absolute Gasteiger partial charge is 0.178 e. The fraction of sp³-hybridized carbons (Fsp3) is 0. The molecule has 2 aromatic rings. The number of ketones is 1. The lowest BCUT2D eigenvalue weighted by Gasteiger charge is -1.95. The summed E-state index contributed by atoms with van der Waals surface area (Å²) in [4.78, 5) is 11.7. The molecule has 0 aromatic heterocycles. The molecule has 3 heteroatoms. The Kier molecular flexibility index (Phi) is 4.35. The number of carbonyl (C=O) groups excluding carboxylic acids is 1. The number of hydrogen-bond donors (Lipinski definition) is 2. The molecule has 4 N–H and O–H groups in total. The lowest BCUT2D eigenvalue weighted by atomic mass is 10.1. The summed E-state index contributed by atoms with van der Waals surface area (Å²) < 4.78 is 0. The average Bonchev–Trinajstić information content (AvgIpc) is 2.43. The van der Waals surface area contributed by atoms with E-state index in [4.69, 9.17) is 11.5 Å². The molecule has 0 aliphatic heterocycles. The Labute approximate surface area is 118 Å². The van der Waals surface area contributed by atoms with Crippen LogP contribution in [0.25, 0.3) is 12.2 Å². The van der Waals surface area contributed by atoms with E-state index in [0.717, 1.165) is 11.1 Å². The van der Waals surface area contributed by atoms with Crippen LogP contribution in [0.1, 0.15) is 11.1 Å². The fourth-order valence-corrected chi connectivity index (χ4v) is 1.74. The van der Waals surface area contributed by atoms with Crippen LogP contribution in [0.5, 0.6) is 0 Å². The van der Waals surface area contributed by atoms with E-state index >= 15 is 0 Å². The highest BCUT2D eigenvalue weighted by molar-refractivity contribution is 6.04. The molecule has 0 aliphatic carbocycles. The number of carbonyl (C=O) groups is 1. The number of benzene rings is 2. The van der Waals surface area contributed by atoms with Crippen LogP contribution in [0.3, 0.4) is 0 Å². The van der Waals surface area contributed by atoms with Gasteiger partial charge in [-0.2, -0.15) is 0 Å². The Bertz CT molecular complexity index is 615. The molecule has 0 bridgehead atoms. The van der Waals surface area contributed by atoms with Crippen molar-refractivity contribution < 1.29 is 4.79 Å². The van der Waals surface area contributed by atoms with E-state index in [2.05, 4.69) is 0 Å². The Morgan fingerprint density at radius 3 is 1.65 bits per heavy atom. The van der Waals surface area contributed by atoms with Gasteiger partial charge >= 0.3 is 0 Å². The first-order chi connectivity index (χ1) is 9.63. The number of nitrogen functional groups attached to an aromatic ring is 2. The highest BCUT2D eigenvalue weighted by Gasteiger charge is 1.93. The van der Waals surface area contributed by atoms with E-state index in [-0.39, 0.29) is 5.78 Å². The van der Waals surface area contributed by atoms with Crippen molar-refractivity contribution >= 4 is 29.3 Å². The van der Waals surface area contributed by atoms with E-state index in [1.165, 1.54) is 12.2 Å². The standard InChI is InChI=1S/C17H16N2O/c18-15-5-1-3-13(11-15)7-9-17(20)10-8-14-4-2-6-16(19)12-14/h1-12H,18-19H2/b9-7+,10-8+. The first-order valence-corrected chi connectivity index (χ1v) is 6.25. The summed E-state index contributed by atoms with van der Waals surface area (Å²) in [5.41, 5.74) is 14.5. The summed E-state index contributed by atoms with van der Waals surface area (Å²) in [7, 11) is 0. The molecule has 2 aromatic carbocycles. The van der Waals surface area contributed by atoms with Crippen molar-refractivity contribution in [2.24, 2.45) is 0 Å². The minimum Gasteiger partial charge on any atom is -0.399 e. The Hall–Kier alpha value is -2.81. The third kappa shape index (κ3) is 4.14. The van der Waals surface area contributed by atoms with E-state index in [9.17, 15) is 4.79 Å². The molecular formula is C17H16N2O. The number of anilines is 2. The average molecular weight is 264 g/mol. The molecule has 0 amide bonds. The van der Waals surface area contributed by atoms with Crippen LogP contribution in [-0.2, 0) is 4.79 Å². The lowest BCUT2D eigenvalue weighted by molar-refractivity contribution is -0.110. The van der Waals surface area contributed by atoms with Crippen LogP contribution in [0, 0.1) is 0 Å². The van der Waals surface area contributed by atoms with Gasteiger partial charge in [0.15, 0.2) is 5.78 Å². The molecule has 0 saturated carbocycles. The van der Waals surface area contributed by atoms with Crippen molar-refractivity contribution in [3.63, 3.8) is 0 Å². The van der Waals surface area contributed by atoms with Crippen molar-refractivity contribution in [1.29, 1.82) is 0 Å². The highest BCUT2D eigenvalue weighted by atomic mass is 16.1. The Balaban J connectivity index is 2.02. The zero-order valence-electron chi connectivity index (χ0n) is 11.0. The van der Waals surface area contributed by atoms with Gasteiger partial charge in [-0.25, -0.2) is 0 Å². The van der Waals surface area contributed by atoms with Crippen LogP contribution >= 0.6 is 0 Å². The van der Waals surface area contributed by atoms with Crippen LogP contribution in [0.4, 0.5) is 11.4 Å². The third-order valence-corrected chi connectivity index (χ3v) is 2.70. The van der Waals surface area contributed by atoms with E-state index in [0.29, 0.717) is 11.4 Å². The molecule has 0 aliphatic rings. The fourth-order valence-electron chi connectivity index (χ4n) is 1.74. The second-order valence-electron chi connectivity index (χ2n) is 4.41. The van der Waals surface area contributed by atoms with Crippen LogP contribution < -0.4 is 11.5 Å². The van der Waals surface area contributed by atoms with Crippen molar-refractivity contribution in [3.8, 4) is 0 Å². The first kappa shape index (κ1) is 13.6. The van der Waals surface area contributed by atoms with Gasteiger partial charge in [0.1, 0.15) is 0 Å². The molecule has 0 fully saturated rings. The van der Waals surface area contributed by atoms with Gasteiger partial charge in [0, 0.05) is 11.4 Å². The minimum atomic E-state index is -0.0881. The summed E-state index contributed by atoms with van der Waals surface area (Å²) in [5, 5.41) is 0. The molecule has 0 saturated heterocycles. The Morgan fingerprint density at radius 2 is 1.25 bits per heavy atom. The van der Waals surface area contributed by atoms with Gasteiger partial charge in [-0.15, -0.1) is 0 Å². The van der Waals surface area contributed by atoms with Crippen molar-refractivity contribution in [1.82, 2.24) is 0 Å². The number of hydrogen-bond acceptors (Lipinski definition) is 3. The molecule has 2 rings (SSSR count). The van der Waals surface area contributed by atoms with Gasteiger partial charge in [-0.05, 0) is 47.5 Å². The molecule has 0 unspecified atom stereocenters. The summed E-state index contributed by atoms with van der Waals surface area (Å²) in [6, 6.07) is 14.7. The molecule has 100 valence electrons. The van der Waals surface area contributed by atoms with E-state index in [1.807, 2.05) is 36.4 Å². The second kappa shape index (κ2) is 6.38. The van der Waals surface area contributed by atoms with Crippen LogP contribution in [-0.4, -0.2) is 5.78 Å². The SMILES string of the molecule is Nc1cccc(/C=C/C(=O)/C=C/c2cccc(N)c2)c1. The predicted molar refractivity (Wildman–Crippen MR) is 84.8 cm³/mol. The number of allylic oxidation sites excluding steroid dienone is 2. The van der Waals surface area contributed by atoms with Crippen molar-refractivity contribution in [3.05, 3.63) is 71.8 Å². The first-order valence-electron chi connectivity index (χ1n) is 6.25. The maximum atomic E-state index is 11.7. The normalized spacial score (nSPS) is 11.2. The van der Waals surface area contributed by atoms with Gasteiger partial charge in [0.2, 0.25) is 0 Å². The van der Waals surface area contributed by atoms with Crippen molar-refractivity contribution in [2.45, 2.75) is 0 Å². The van der Waals surface area contributed by atoms with Gasteiger partial charge in [0.05, 0.1) is 0 Å². The summed E-state index contributed by atoms with van der Waals surface area (Å²) in [6.07, 6.45) is 6.50. The molecular weight excluding hydrogens is 248 g/mol. The maximum Gasteiger partial charge on any atom is 0.178 e. The summed E-state index contributed by atoms with van der Waals surface area (Å²) in [6.45, 7) is 0. The van der Waals surface area contributed by atoms with Gasteiger partial charge in [-0.3, -0.25) is 4.79 Å². The van der Waals surface area contributed by atoms with Crippen molar-refractivity contribution in [2.75, 3.05) is 11.5 Å². The largest absolute Gasteiger partial charge is 0.399 e. The van der Waals surface area contributed by atoms with Gasteiger partial charge in [0.25, 0.3) is 0 Å². The maximum absolute atomic E-state index is 11.7. The summed E-state index contributed by atoms with van der Waals surface area (Å²) in [5.74, 6) is -0.0881. The van der Waals surface area contributed by atoms with Gasteiger partial charge in [-0.1, -0.05) is 36.4 Å².